The van der Waals surface area contributed by atoms with E-state index in [1.165, 1.54) is 12.3 Å². The summed E-state index contributed by atoms with van der Waals surface area (Å²) < 4.78 is 9.67. The molecule has 0 aliphatic heterocycles. The van der Waals surface area contributed by atoms with E-state index in [-0.39, 0.29) is 5.76 Å². The summed E-state index contributed by atoms with van der Waals surface area (Å²) in [6.07, 6.45) is 3.06. The number of rotatable bonds is 3. The molecular weight excluding hydrogens is 172 g/mol. The van der Waals surface area contributed by atoms with E-state index in [0.29, 0.717) is 11.3 Å². The lowest BCUT2D eigenvalue weighted by molar-refractivity contribution is 0.0662. The van der Waals surface area contributed by atoms with Crippen LogP contribution in [-0.4, -0.2) is 18.2 Å². The first-order valence-corrected chi connectivity index (χ1v) is 3.67. The summed E-state index contributed by atoms with van der Waals surface area (Å²) in [5.41, 5.74) is 0.678. The molecule has 4 heteroatoms. The fourth-order valence-corrected chi connectivity index (χ4v) is 0.832. The van der Waals surface area contributed by atoms with Gasteiger partial charge < -0.3 is 14.3 Å². The SMILES string of the molecule is CO/C(C)=C/c1coc(C(=O)O)c1. The maximum atomic E-state index is 10.4. The normalized spacial score (nSPS) is 11.4. The Kier molecular flexibility index (Phi) is 2.74. The number of carbonyl (C=O) groups is 1. The molecule has 0 unspecified atom stereocenters. The molecule has 0 fully saturated rings. The van der Waals surface area contributed by atoms with Crippen LogP contribution in [0.3, 0.4) is 0 Å². The molecule has 0 spiro atoms. The quantitative estimate of drug-likeness (QED) is 0.726. The standard InChI is InChI=1S/C9H10O4/c1-6(12-2)3-7-4-8(9(10)11)13-5-7/h3-5H,1-2H3,(H,10,11)/b6-3+. The van der Waals surface area contributed by atoms with Crippen molar-refractivity contribution in [3.63, 3.8) is 0 Å². The Balaban J connectivity index is 2.86. The largest absolute Gasteiger partial charge is 0.501 e. The highest BCUT2D eigenvalue weighted by molar-refractivity contribution is 5.85. The Hall–Kier alpha value is -1.71. The van der Waals surface area contributed by atoms with Crippen molar-refractivity contribution in [2.45, 2.75) is 6.92 Å². The monoisotopic (exact) mass is 182 g/mol. The fourth-order valence-electron chi connectivity index (χ4n) is 0.832. The van der Waals surface area contributed by atoms with Gasteiger partial charge in [-0.25, -0.2) is 4.79 Å². The van der Waals surface area contributed by atoms with Crippen molar-refractivity contribution in [3.05, 3.63) is 29.4 Å². The first-order valence-electron chi connectivity index (χ1n) is 3.67. The zero-order valence-corrected chi connectivity index (χ0v) is 7.40. The van der Waals surface area contributed by atoms with E-state index in [9.17, 15) is 4.79 Å². The second-order valence-corrected chi connectivity index (χ2v) is 2.51. The highest BCUT2D eigenvalue weighted by atomic mass is 16.5. The molecule has 0 atom stereocenters. The van der Waals surface area contributed by atoms with Crippen molar-refractivity contribution in [1.29, 1.82) is 0 Å². The molecule has 0 saturated heterocycles. The number of hydrogen-bond acceptors (Lipinski definition) is 3. The van der Waals surface area contributed by atoms with Crippen molar-refractivity contribution >= 4 is 12.0 Å². The molecule has 1 heterocycles. The minimum atomic E-state index is -1.07. The number of hydrogen-bond donors (Lipinski definition) is 1. The van der Waals surface area contributed by atoms with Crippen LogP contribution in [0.1, 0.15) is 23.0 Å². The van der Waals surface area contributed by atoms with Gasteiger partial charge in [0.15, 0.2) is 0 Å². The van der Waals surface area contributed by atoms with Gasteiger partial charge in [0.05, 0.1) is 19.1 Å². The Morgan fingerprint density at radius 3 is 2.85 bits per heavy atom. The third kappa shape index (κ3) is 2.37. The number of furan rings is 1. The molecule has 0 aliphatic carbocycles. The summed E-state index contributed by atoms with van der Waals surface area (Å²) >= 11 is 0. The first-order chi connectivity index (χ1) is 6.13. The molecule has 0 aliphatic rings. The van der Waals surface area contributed by atoms with Gasteiger partial charge in [-0.05, 0) is 19.1 Å². The zero-order valence-electron chi connectivity index (χ0n) is 7.40. The molecule has 0 amide bonds. The summed E-state index contributed by atoms with van der Waals surface area (Å²) in [5.74, 6) is -0.456. The fraction of sp³-hybridized carbons (Fsp3) is 0.222. The Morgan fingerprint density at radius 2 is 2.38 bits per heavy atom. The lowest BCUT2D eigenvalue weighted by atomic mass is 10.3. The van der Waals surface area contributed by atoms with Gasteiger partial charge in [-0.3, -0.25) is 0 Å². The average molecular weight is 182 g/mol. The third-order valence-corrected chi connectivity index (χ3v) is 1.52. The Morgan fingerprint density at radius 1 is 1.69 bits per heavy atom. The van der Waals surface area contributed by atoms with E-state index in [4.69, 9.17) is 14.3 Å². The molecule has 70 valence electrons. The number of carboxylic acid groups (broad SMARTS) is 1. The maximum Gasteiger partial charge on any atom is 0.371 e. The van der Waals surface area contributed by atoms with Crippen LogP contribution < -0.4 is 0 Å². The van der Waals surface area contributed by atoms with E-state index in [1.54, 1.807) is 20.1 Å². The van der Waals surface area contributed by atoms with Gasteiger partial charge in [-0.2, -0.15) is 0 Å². The summed E-state index contributed by atoms with van der Waals surface area (Å²) in [6, 6.07) is 1.44. The number of carboxylic acids is 1. The number of allylic oxidation sites excluding steroid dienone is 1. The predicted molar refractivity (Wildman–Crippen MR) is 46.3 cm³/mol. The molecule has 4 nitrogen and oxygen atoms in total. The molecule has 1 aromatic rings. The topological polar surface area (TPSA) is 59.7 Å². The molecular formula is C9H10O4. The predicted octanol–water partition coefficient (Wildman–Crippen LogP) is 1.99. The van der Waals surface area contributed by atoms with Crippen LogP contribution in [0, 0.1) is 0 Å². The first kappa shape index (κ1) is 9.38. The molecule has 1 rings (SSSR count). The van der Waals surface area contributed by atoms with Crippen molar-refractivity contribution in [3.8, 4) is 0 Å². The summed E-state index contributed by atoms with van der Waals surface area (Å²) in [7, 11) is 1.55. The van der Waals surface area contributed by atoms with Crippen LogP contribution in [0.2, 0.25) is 0 Å². The van der Waals surface area contributed by atoms with Crippen LogP contribution in [0.15, 0.2) is 22.5 Å². The van der Waals surface area contributed by atoms with Gasteiger partial charge >= 0.3 is 5.97 Å². The van der Waals surface area contributed by atoms with Crippen LogP contribution in [0.5, 0.6) is 0 Å². The van der Waals surface area contributed by atoms with Gasteiger partial charge in [0.25, 0.3) is 0 Å². The molecule has 0 radical (unpaired) electrons. The summed E-state index contributed by atoms with van der Waals surface area (Å²) in [5, 5.41) is 8.54. The third-order valence-electron chi connectivity index (χ3n) is 1.52. The van der Waals surface area contributed by atoms with Gasteiger partial charge in [-0.1, -0.05) is 0 Å². The number of ether oxygens (including phenoxy) is 1. The van der Waals surface area contributed by atoms with E-state index in [1.807, 2.05) is 0 Å². The van der Waals surface area contributed by atoms with Crippen molar-refractivity contribution in [2.75, 3.05) is 7.11 Å². The molecule has 0 aromatic carbocycles. The highest BCUT2D eigenvalue weighted by Gasteiger charge is 2.07. The molecule has 1 aromatic heterocycles. The van der Waals surface area contributed by atoms with E-state index in [0.717, 1.165) is 0 Å². The van der Waals surface area contributed by atoms with Crippen LogP contribution in [0.4, 0.5) is 0 Å². The van der Waals surface area contributed by atoms with Gasteiger partial charge in [0.2, 0.25) is 5.76 Å². The lowest BCUT2D eigenvalue weighted by Crippen LogP contribution is -1.91. The zero-order chi connectivity index (χ0) is 9.84. The minimum Gasteiger partial charge on any atom is -0.501 e. The maximum absolute atomic E-state index is 10.4. The Labute approximate surface area is 75.4 Å². The summed E-state index contributed by atoms with van der Waals surface area (Å²) in [4.78, 5) is 10.4. The van der Waals surface area contributed by atoms with Crippen LogP contribution >= 0.6 is 0 Å². The average Bonchev–Trinajstić information content (AvgIpc) is 2.52. The molecule has 0 bridgehead atoms. The van der Waals surface area contributed by atoms with Crippen molar-refractivity contribution in [2.24, 2.45) is 0 Å². The lowest BCUT2D eigenvalue weighted by Gasteiger charge is -1.94. The number of aromatic carboxylic acids is 1. The van der Waals surface area contributed by atoms with Crippen LogP contribution in [0.25, 0.3) is 6.08 Å². The smallest absolute Gasteiger partial charge is 0.371 e. The van der Waals surface area contributed by atoms with Crippen molar-refractivity contribution in [1.82, 2.24) is 0 Å². The summed E-state index contributed by atoms with van der Waals surface area (Å²) in [6.45, 7) is 1.77. The van der Waals surface area contributed by atoms with Gasteiger partial charge in [-0.15, -0.1) is 0 Å². The molecule has 0 saturated carbocycles. The van der Waals surface area contributed by atoms with Gasteiger partial charge in [0.1, 0.15) is 0 Å². The second kappa shape index (κ2) is 3.80. The van der Waals surface area contributed by atoms with E-state index in [2.05, 4.69) is 0 Å². The van der Waals surface area contributed by atoms with Crippen molar-refractivity contribution < 1.29 is 19.1 Å². The Bertz CT molecular complexity index is 335. The highest BCUT2D eigenvalue weighted by Crippen LogP contribution is 2.11. The number of methoxy groups -OCH3 is 1. The van der Waals surface area contributed by atoms with E-state index >= 15 is 0 Å². The molecule has 1 N–H and O–H groups in total. The van der Waals surface area contributed by atoms with E-state index < -0.39 is 5.97 Å². The van der Waals surface area contributed by atoms with Crippen LogP contribution in [-0.2, 0) is 4.74 Å². The molecule has 13 heavy (non-hydrogen) atoms. The minimum absolute atomic E-state index is 0.0739. The van der Waals surface area contributed by atoms with Gasteiger partial charge in [0, 0.05) is 5.56 Å². The second-order valence-electron chi connectivity index (χ2n) is 2.51.